The van der Waals surface area contributed by atoms with Gasteiger partial charge in [-0.25, -0.2) is 31.5 Å². The van der Waals surface area contributed by atoms with Crippen molar-refractivity contribution in [2.75, 3.05) is 12.3 Å². The molecule has 1 aromatic carbocycles. The van der Waals surface area contributed by atoms with Crippen molar-refractivity contribution in [3.8, 4) is 5.82 Å². The number of nitrogens with two attached hydrogens (primary N) is 1. The number of nitrogens with one attached hydrogen (secondary N) is 2. The van der Waals surface area contributed by atoms with Gasteiger partial charge in [-0.15, -0.1) is 0 Å². The highest BCUT2D eigenvalue weighted by Crippen LogP contribution is 2.33. The van der Waals surface area contributed by atoms with Gasteiger partial charge in [0.1, 0.15) is 11.1 Å². The largest absolute Gasteiger partial charge is 0.337 e. The highest BCUT2D eigenvalue weighted by Gasteiger charge is 2.36. The summed E-state index contributed by atoms with van der Waals surface area (Å²) in [6.45, 7) is 3.77. The smallest absolute Gasteiger partial charge is 0.328 e. The molecule has 1 atom stereocenters. The van der Waals surface area contributed by atoms with Crippen LogP contribution in [-0.4, -0.2) is 49.5 Å². The molecule has 2 aromatic heterocycles. The maximum Gasteiger partial charge on any atom is 0.328 e. The molecule has 0 radical (unpaired) electrons. The Morgan fingerprint density at radius 1 is 1.24 bits per heavy atom. The van der Waals surface area contributed by atoms with E-state index in [0.717, 1.165) is 11.8 Å². The van der Waals surface area contributed by atoms with Gasteiger partial charge in [0, 0.05) is 35.8 Å². The molecule has 14 heteroatoms. The fourth-order valence-corrected chi connectivity index (χ4v) is 6.85. The zero-order chi connectivity index (χ0) is 25.3. The molecule has 0 spiro atoms. The van der Waals surface area contributed by atoms with Crippen LogP contribution < -0.4 is 15.2 Å². The first kappa shape index (κ1) is 26.0. The van der Waals surface area contributed by atoms with Crippen molar-refractivity contribution >= 4 is 48.6 Å². The van der Waals surface area contributed by atoms with Gasteiger partial charge in [-0.05, 0) is 37.6 Å². The van der Waals surface area contributed by atoms with Crippen molar-refractivity contribution < 1.29 is 21.6 Å². The van der Waals surface area contributed by atoms with Gasteiger partial charge in [-0.3, -0.25) is 4.68 Å². The molecule has 2 amide bonds. The monoisotopic (exact) mass is 530 g/mol. The van der Waals surface area contributed by atoms with Crippen LogP contribution in [0.5, 0.6) is 0 Å². The summed E-state index contributed by atoms with van der Waals surface area (Å²) in [7, 11) is -7.19. The molecule has 0 fully saturated rings. The molecule has 0 aliphatic carbocycles. The summed E-state index contributed by atoms with van der Waals surface area (Å²) in [6.07, 6.45) is 3.18. The van der Waals surface area contributed by atoms with Crippen LogP contribution in [0.2, 0.25) is 5.02 Å². The molecule has 0 aliphatic heterocycles. The fourth-order valence-electron chi connectivity index (χ4n) is 3.76. The number of halogens is 1. The van der Waals surface area contributed by atoms with Gasteiger partial charge in [0.2, 0.25) is 20.0 Å². The van der Waals surface area contributed by atoms with Crippen molar-refractivity contribution in [2.24, 2.45) is 12.2 Å². The Kier molecular flexibility index (Phi) is 7.60. The third-order valence-corrected chi connectivity index (χ3v) is 8.18. The number of carbonyl (C=O) groups is 1. The predicted octanol–water partition coefficient (Wildman–Crippen LogP) is 2.08. The quantitative estimate of drug-likeness (QED) is 0.359. The minimum atomic E-state index is -4.43. The minimum absolute atomic E-state index is 0.120. The standard InChI is InChI=1S/C20H27ClN6O5S2/c1-4-5-9-23-20(28)25-33(29,30)12-17(34(22,31)32)18-13(2)24-26(3)19(18)27-10-8-14-11-15(21)6-7-16(14)27/h6-8,10-11,17H,4-5,9,12H2,1-3H3,(H2,22,31,32)(H2,23,25,28). The van der Waals surface area contributed by atoms with Crippen LogP contribution >= 0.6 is 11.6 Å². The van der Waals surface area contributed by atoms with Crippen LogP contribution in [0, 0.1) is 6.92 Å². The maximum absolute atomic E-state index is 12.7. The second kappa shape index (κ2) is 9.94. The molecule has 2 heterocycles. The SMILES string of the molecule is CCCCNC(=O)NS(=O)(=O)CC(c1c(C)nn(C)c1-n1ccc2cc(Cl)ccc21)S(N)(=O)=O. The van der Waals surface area contributed by atoms with Crippen LogP contribution in [0.4, 0.5) is 4.79 Å². The summed E-state index contributed by atoms with van der Waals surface area (Å²) in [4.78, 5) is 12.0. The first-order valence-corrected chi connectivity index (χ1v) is 14.1. The van der Waals surface area contributed by atoms with E-state index in [1.165, 1.54) is 4.68 Å². The van der Waals surface area contributed by atoms with E-state index in [9.17, 15) is 21.6 Å². The van der Waals surface area contributed by atoms with Crippen LogP contribution in [0.3, 0.4) is 0 Å². The molecule has 3 aromatic rings. The number of hydrogen-bond donors (Lipinski definition) is 3. The van der Waals surface area contributed by atoms with Crippen LogP contribution in [-0.2, 0) is 27.1 Å². The summed E-state index contributed by atoms with van der Waals surface area (Å²) in [5, 5.41) is 11.9. The lowest BCUT2D eigenvalue weighted by atomic mass is 10.2. The number of benzene rings is 1. The number of primary sulfonamides is 1. The number of nitrogens with zero attached hydrogens (tertiary/aromatic N) is 3. The maximum atomic E-state index is 12.7. The molecule has 0 aliphatic rings. The van der Waals surface area contributed by atoms with E-state index < -0.39 is 37.1 Å². The Balaban J connectivity index is 2.06. The van der Waals surface area contributed by atoms with Crippen molar-refractivity contribution in [1.29, 1.82) is 0 Å². The molecule has 0 saturated carbocycles. The average Bonchev–Trinajstić information content (AvgIpc) is 3.24. The Morgan fingerprint density at radius 2 is 1.94 bits per heavy atom. The van der Waals surface area contributed by atoms with Crippen molar-refractivity contribution in [3.63, 3.8) is 0 Å². The van der Waals surface area contributed by atoms with Crippen LogP contribution in [0.25, 0.3) is 16.7 Å². The number of urea groups is 1. The molecular weight excluding hydrogens is 504 g/mol. The lowest BCUT2D eigenvalue weighted by Crippen LogP contribution is -2.43. The molecule has 186 valence electrons. The zero-order valence-electron chi connectivity index (χ0n) is 18.9. The van der Waals surface area contributed by atoms with Gasteiger partial charge >= 0.3 is 6.03 Å². The number of sulfonamides is 2. The molecular formula is C20H27ClN6O5S2. The fraction of sp³-hybridized carbons (Fsp3) is 0.400. The number of fused-ring (bicyclic) bond motifs is 1. The Morgan fingerprint density at radius 3 is 2.59 bits per heavy atom. The number of hydrogen-bond acceptors (Lipinski definition) is 6. The number of rotatable bonds is 9. The van der Waals surface area contributed by atoms with Gasteiger partial charge in [0.05, 0.1) is 17.0 Å². The van der Waals surface area contributed by atoms with Crippen LogP contribution in [0.1, 0.15) is 36.3 Å². The van der Waals surface area contributed by atoms with E-state index in [1.54, 1.807) is 49.0 Å². The van der Waals surface area contributed by atoms with Gasteiger partial charge in [-0.1, -0.05) is 24.9 Å². The second-order valence-electron chi connectivity index (χ2n) is 7.91. The topological polar surface area (TPSA) is 158 Å². The highest BCUT2D eigenvalue weighted by molar-refractivity contribution is 7.93. The third kappa shape index (κ3) is 5.71. The van der Waals surface area contributed by atoms with Gasteiger partial charge in [0.25, 0.3) is 0 Å². The molecule has 0 bridgehead atoms. The number of aryl methyl sites for hydroxylation is 2. The van der Waals surface area contributed by atoms with E-state index >= 15 is 0 Å². The lowest BCUT2D eigenvalue weighted by Gasteiger charge is -2.18. The average molecular weight is 531 g/mol. The van der Waals surface area contributed by atoms with Gasteiger partial charge in [0.15, 0.2) is 0 Å². The summed E-state index contributed by atoms with van der Waals surface area (Å²) < 4.78 is 55.7. The first-order chi connectivity index (χ1) is 15.8. The van der Waals surface area contributed by atoms with E-state index in [1.807, 2.05) is 11.6 Å². The number of unbranched alkanes of at least 4 members (excludes halogenated alkanes) is 1. The van der Waals surface area contributed by atoms with Crippen molar-refractivity contribution in [2.45, 2.75) is 31.9 Å². The van der Waals surface area contributed by atoms with Gasteiger partial charge < -0.3 is 9.88 Å². The second-order valence-corrected chi connectivity index (χ2v) is 11.9. The normalized spacial score (nSPS) is 13.2. The van der Waals surface area contributed by atoms with E-state index in [4.69, 9.17) is 16.7 Å². The zero-order valence-corrected chi connectivity index (χ0v) is 21.3. The lowest BCUT2D eigenvalue weighted by molar-refractivity contribution is 0.245. The molecule has 0 saturated heterocycles. The predicted molar refractivity (Wildman–Crippen MR) is 131 cm³/mol. The van der Waals surface area contributed by atoms with E-state index in [2.05, 4.69) is 10.4 Å². The first-order valence-electron chi connectivity index (χ1n) is 10.4. The van der Waals surface area contributed by atoms with Crippen molar-refractivity contribution in [3.05, 3.63) is 46.7 Å². The summed E-state index contributed by atoms with van der Waals surface area (Å²) in [5.41, 5.74) is 1.11. The van der Waals surface area contributed by atoms with E-state index in [0.29, 0.717) is 22.8 Å². The summed E-state index contributed by atoms with van der Waals surface area (Å²) >= 11 is 6.08. The molecule has 1 unspecified atom stereocenters. The Hall–Kier alpha value is -2.61. The van der Waals surface area contributed by atoms with Gasteiger partial charge in [-0.2, -0.15) is 5.10 Å². The third-order valence-electron chi connectivity index (χ3n) is 5.27. The van der Waals surface area contributed by atoms with E-state index in [-0.39, 0.29) is 17.8 Å². The number of aromatic nitrogens is 3. The molecule has 3 rings (SSSR count). The molecule has 34 heavy (non-hydrogen) atoms. The van der Waals surface area contributed by atoms with Crippen LogP contribution in [0.15, 0.2) is 30.5 Å². The van der Waals surface area contributed by atoms with Crippen molar-refractivity contribution in [1.82, 2.24) is 24.4 Å². The highest BCUT2D eigenvalue weighted by atomic mass is 35.5. The summed E-state index contributed by atoms with van der Waals surface area (Å²) in [5.74, 6) is -0.631. The number of amides is 2. The minimum Gasteiger partial charge on any atom is -0.337 e. The summed E-state index contributed by atoms with van der Waals surface area (Å²) in [6, 6.07) is 6.05. The molecule has 4 N–H and O–H groups in total. The Bertz CT molecular complexity index is 1430. The number of carbonyl (C=O) groups excluding carboxylic acids is 1. The Labute approximate surface area is 203 Å². The molecule has 11 nitrogen and oxygen atoms in total.